The van der Waals surface area contributed by atoms with E-state index in [9.17, 15) is 4.39 Å². The molecule has 0 aromatic rings. The maximum absolute atomic E-state index is 10.5. The number of carbonyl (C=O) groups is 1. The summed E-state index contributed by atoms with van der Waals surface area (Å²) < 4.78 is 10.5. The van der Waals surface area contributed by atoms with Crippen molar-refractivity contribution in [2.45, 2.75) is 25.7 Å². The number of carboxylic acid groups (broad SMARTS) is 1. The molecule has 0 fully saturated rings. The monoisotopic (exact) mass is 196 g/mol. The maximum Gasteiger partial charge on any atom is 0.335 e. The number of alkyl halides is 1. The van der Waals surface area contributed by atoms with Gasteiger partial charge in [0, 0.05) is 14.7 Å². The summed E-state index contributed by atoms with van der Waals surface area (Å²) in [6.07, 6.45) is 0. The van der Waals surface area contributed by atoms with E-state index in [0.29, 0.717) is 6.61 Å². The molecule has 0 bridgehead atoms. The predicted octanol–water partition coefficient (Wildman–Crippen LogP) is 1.36. The lowest BCUT2D eigenvalue weighted by atomic mass is 10.8. The molecule has 0 aromatic carbocycles. The molecule has 0 saturated heterocycles. The molecule has 0 aliphatic carbocycles. The highest BCUT2D eigenvalue weighted by atomic mass is 28.3. The Bertz CT molecular complexity index is 122. The number of carboxylic acids is 1. The van der Waals surface area contributed by atoms with Gasteiger partial charge >= 0.3 is 5.97 Å². The zero-order valence-corrected chi connectivity index (χ0v) is 8.80. The van der Waals surface area contributed by atoms with E-state index in [0.717, 1.165) is 6.04 Å². The Hall–Kier alpha value is -0.423. The van der Waals surface area contributed by atoms with Crippen LogP contribution in [0.15, 0.2) is 0 Å². The minimum absolute atomic E-state index is 0.371. The fourth-order valence-corrected chi connectivity index (χ4v) is 1.01. The van der Waals surface area contributed by atoms with Crippen LogP contribution in [0.2, 0.25) is 25.7 Å². The second-order valence-corrected chi connectivity index (χ2v) is 9.18. The van der Waals surface area contributed by atoms with Crippen molar-refractivity contribution >= 4 is 14.0 Å². The summed E-state index contributed by atoms with van der Waals surface area (Å²) in [6, 6.07) is 1.03. The van der Waals surface area contributed by atoms with E-state index in [-0.39, 0.29) is 0 Å². The van der Waals surface area contributed by atoms with Gasteiger partial charge in [-0.25, -0.2) is 9.18 Å². The molecule has 0 amide bonds. The van der Waals surface area contributed by atoms with Crippen LogP contribution in [0.3, 0.4) is 0 Å². The van der Waals surface area contributed by atoms with Gasteiger partial charge in [-0.2, -0.15) is 0 Å². The van der Waals surface area contributed by atoms with Gasteiger partial charge in [-0.1, -0.05) is 19.6 Å². The van der Waals surface area contributed by atoms with Crippen LogP contribution in [-0.2, 0) is 4.79 Å². The number of rotatable bonds is 3. The van der Waals surface area contributed by atoms with E-state index in [2.05, 4.69) is 19.6 Å². The molecule has 2 N–H and O–H groups in total. The van der Waals surface area contributed by atoms with Crippen molar-refractivity contribution in [3.8, 4) is 0 Å². The number of aliphatic hydroxyl groups excluding tert-OH is 1. The molecule has 0 unspecified atom stereocenters. The van der Waals surface area contributed by atoms with Gasteiger partial charge in [-0.3, -0.25) is 0 Å². The van der Waals surface area contributed by atoms with Crippen LogP contribution in [0.25, 0.3) is 0 Å². The molecule has 74 valence electrons. The Balaban J connectivity index is 0. The smallest absolute Gasteiger partial charge is 0.335 e. The molecule has 3 nitrogen and oxygen atoms in total. The standard InChI is InChI=1S/C5H14OSi.C2H3FO2/c1-7(2,3)5-4-6;3-1-2(4)5/h6H,4-5H2,1-3H3;1H2,(H,4,5). The van der Waals surface area contributed by atoms with Crippen molar-refractivity contribution in [2.24, 2.45) is 0 Å². The van der Waals surface area contributed by atoms with Crippen molar-refractivity contribution in [1.82, 2.24) is 0 Å². The lowest BCUT2D eigenvalue weighted by Gasteiger charge is -2.11. The third-order valence-corrected chi connectivity index (χ3v) is 2.70. The average Bonchev–Trinajstić information content (AvgIpc) is 1.86. The minimum atomic E-state index is -1.41. The van der Waals surface area contributed by atoms with Crippen LogP contribution in [-0.4, -0.2) is 37.5 Å². The van der Waals surface area contributed by atoms with Crippen molar-refractivity contribution in [3.05, 3.63) is 0 Å². The summed E-state index contributed by atoms with van der Waals surface area (Å²) in [5.74, 6) is -1.41. The molecule has 0 rings (SSSR count). The van der Waals surface area contributed by atoms with Crippen LogP contribution >= 0.6 is 0 Å². The molecule has 0 aromatic heterocycles. The van der Waals surface area contributed by atoms with Gasteiger partial charge in [0.25, 0.3) is 0 Å². The van der Waals surface area contributed by atoms with E-state index in [1.54, 1.807) is 0 Å². The summed E-state index contributed by atoms with van der Waals surface area (Å²) in [5, 5.41) is 15.8. The molecule has 0 spiro atoms. The Kier molecular flexibility index (Phi) is 8.52. The van der Waals surface area contributed by atoms with Gasteiger partial charge in [-0.05, 0) is 6.04 Å². The van der Waals surface area contributed by atoms with Gasteiger partial charge in [0.1, 0.15) is 0 Å². The SMILES string of the molecule is C[Si](C)(C)CCO.O=C(O)CF. The zero-order chi connectivity index (χ0) is 10.2. The fraction of sp³-hybridized carbons (Fsp3) is 0.857. The normalized spacial score (nSPS) is 10.1. The maximum atomic E-state index is 10.5. The summed E-state index contributed by atoms with van der Waals surface area (Å²) in [4.78, 5) is 8.99. The summed E-state index contributed by atoms with van der Waals surface area (Å²) >= 11 is 0. The Morgan fingerprint density at radius 1 is 1.42 bits per heavy atom. The number of halogens is 1. The van der Waals surface area contributed by atoms with E-state index >= 15 is 0 Å². The van der Waals surface area contributed by atoms with Crippen LogP contribution < -0.4 is 0 Å². The quantitative estimate of drug-likeness (QED) is 0.670. The van der Waals surface area contributed by atoms with Crippen molar-refractivity contribution in [3.63, 3.8) is 0 Å². The number of aliphatic hydroxyl groups is 1. The van der Waals surface area contributed by atoms with Crippen molar-refractivity contribution < 1.29 is 19.4 Å². The van der Waals surface area contributed by atoms with E-state index in [1.165, 1.54) is 0 Å². The summed E-state index contributed by atoms with van der Waals surface area (Å²) in [6.45, 7) is 5.85. The average molecular weight is 196 g/mol. The van der Waals surface area contributed by atoms with Crippen LogP contribution in [0.5, 0.6) is 0 Å². The topological polar surface area (TPSA) is 57.5 Å². The highest BCUT2D eigenvalue weighted by molar-refractivity contribution is 6.76. The molecule has 5 heteroatoms. The van der Waals surface area contributed by atoms with Crippen molar-refractivity contribution in [1.29, 1.82) is 0 Å². The first-order valence-corrected chi connectivity index (χ1v) is 7.43. The first kappa shape index (κ1) is 14.1. The molecular formula is C7H17FO3Si. The molecular weight excluding hydrogens is 179 g/mol. The Morgan fingerprint density at radius 2 is 1.75 bits per heavy atom. The fourth-order valence-electron chi connectivity index (χ4n) is 0.335. The third-order valence-electron chi connectivity index (χ3n) is 0.976. The zero-order valence-electron chi connectivity index (χ0n) is 7.80. The van der Waals surface area contributed by atoms with Crippen LogP contribution in [0, 0.1) is 0 Å². The van der Waals surface area contributed by atoms with E-state index in [1.807, 2.05) is 0 Å². The summed E-state index contributed by atoms with van der Waals surface area (Å²) in [7, 11) is -0.907. The van der Waals surface area contributed by atoms with Gasteiger partial charge < -0.3 is 10.2 Å². The van der Waals surface area contributed by atoms with E-state index in [4.69, 9.17) is 15.0 Å². The van der Waals surface area contributed by atoms with E-state index < -0.39 is 20.7 Å². The predicted molar refractivity (Wildman–Crippen MR) is 48.8 cm³/mol. The Labute approximate surface area is 73.2 Å². The number of hydrogen-bond acceptors (Lipinski definition) is 2. The highest BCUT2D eigenvalue weighted by Crippen LogP contribution is 2.05. The molecule has 0 aliphatic heterocycles. The number of hydrogen-bond donors (Lipinski definition) is 2. The van der Waals surface area contributed by atoms with Crippen molar-refractivity contribution in [2.75, 3.05) is 13.3 Å². The lowest BCUT2D eigenvalue weighted by Crippen LogP contribution is -2.20. The molecule has 0 radical (unpaired) electrons. The molecule has 0 aliphatic rings. The largest absolute Gasteiger partial charge is 0.479 e. The van der Waals surface area contributed by atoms with Gasteiger partial charge in [-0.15, -0.1) is 0 Å². The molecule has 12 heavy (non-hydrogen) atoms. The Morgan fingerprint density at radius 3 is 1.75 bits per heavy atom. The second kappa shape index (κ2) is 7.24. The van der Waals surface area contributed by atoms with Crippen LogP contribution in [0.4, 0.5) is 4.39 Å². The lowest BCUT2D eigenvalue weighted by molar-refractivity contribution is -0.137. The van der Waals surface area contributed by atoms with Gasteiger partial charge in [0.15, 0.2) is 6.67 Å². The molecule has 0 atom stereocenters. The summed E-state index contributed by atoms with van der Waals surface area (Å²) in [5.41, 5.74) is 0. The molecule has 0 heterocycles. The second-order valence-electron chi connectivity index (χ2n) is 3.56. The third kappa shape index (κ3) is 22.7. The highest BCUT2D eigenvalue weighted by Gasteiger charge is 2.09. The van der Waals surface area contributed by atoms with Crippen LogP contribution in [0.1, 0.15) is 0 Å². The number of aliphatic carboxylic acids is 1. The van der Waals surface area contributed by atoms with Gasteiger partial charge in [0.2, 0.25) is 0 Å². The first-order valence-electron chi connectivity index (χ1n) is 3.72. The first-order chi connectivity index (χ1) is 5.33. The van der Waals surface area contributed by atoms with Gasteiger partial charge in [0.05, 0.1) is 0 Å². The molecule has 0 saturated carbocycles. The minimum Gasteiger partial charge on any atom is -0.479 e.